The molecule has 1 aromatic carbocycles. The van der Waals surface area contributed by atoms with Crippen LogP contribution in [0.1, 0.15) is 16.8 Å². The first-order valence-electron chi connectivity index (χ1n) is 6.21. The Hall–Kier alpha value is -1.69. The number of halogens is 2. The van der Waals surface area contributed by atoms with Crippen molar-refractivity contribution in [3.63, 3.8) is 0 Å². The molecular weight excluding hydrogens is 254 g/mol. The second-order valence-electron chi connectivity index (χ2n) is 4.30. The maximum Gasteiger partial charge on any atom is 0.387 e. The van der Waals surface area contributed by atoms with Crippen molar-refractivity contribution in [3.8, 4) is 5.75 Å². The van der Waals surface area contributed by atoms with Gasteiger partial charge in [-0.1, -0.05) is 6.07 Å². The molecule has 1 saturated heterocycles. The predicted molar refractivity (Wildman–Crippen MR) is 66.5 cm³/mol. The van der Waals surface area contributed by atoms with Gasteiger partial charge in [-0.2, -0.15) is 8.78 Å². The lowest BCUT2D eigenvalue weighted by molar-refractivity contribution is -0.0499. The van der Waals surface area contributed by atoms with Gasteiger partial charge in [0.25, 0.3) is 5.91 Å². The molecule has 1 aliphatic rings. The fourth-order valence-electron chi connectivity index (χ4n) is 2.04. The molecule has 0 unspecified atom stereocenters. The smallest absolute Gasteiger partial charge is 0.387 e. The molecule has 4 nitrogen and oxygen atoms in total. The van der Waals surface area contributed by atoms with E-state index in [1.54, 1.807) is 17.0 Å². The molecule has 1 aliphatic heterocycles. The first kappa shape index (κ1) is 13.7. The van der Waals surface area contributed by atoms with Gasteiger partial charge in [0.05, 0.1) is 0 Å². The van der Waals surface area contributed by atoms with Gasteiger partial charge >= 0.3 is 6.61 Å². The number of nitrogens with zero attached hydrogens (tertiary/aromatic N) is 1. The highest BCUT2D eigenvalue weighted by atomic mass is 19.3. The molecule has 0 saturated carbocycles. The number of ether oxygens (including phenoxy) is 1. The molecule has 2 rings (SSSR count). The van der Waals surface area contributed by atoms with Crippen LogP contribution in [0.15, 0.2) is 24.3 Å². The summed E-state index contributed by atoms with van der Waals surface area (Å²) in [6.07, 6.45) is 0.888. The number of hydrogen-bond donors (Lipinski definition) is 1. The predicted octanol–water partition coefficient (Wildman–Crippen LogP) is 1.72. The van der Waals surface area contributed by atoms with Crippen LogP contribution in [-0.4, -0.2) is 43.6 Å². The minimum atomic E-state index is -2.88. The number of nitrogens with one attached hydrogen (secondary N) is 1. The van der Waals surface area contributed by atoms with Crippen LogP contribution in [0.4, 0.5) is 8.78 Å². The number of hydrogen-bond acceptors (Lipinski definition) is 3. The maximum absolute atomic E-state index is 12.2. The summed E-state index contributed by atoms with van der Waals surface area (Å²) in [6.45, 7) is 0.0506. The Bertz CT molecular complexity index is 432. The van der Waals surface area contributed by atoms with Gasteiger partial charge in [0.2, 0.25) is 0 Å². The molecule has 0 atom stereocenters. The van der Waals surface area contributed by atoms with E-state index < -0.39 is 6.61 Å². The van der Waals surface area contributed by atoms with Crippen LogP contribution in [-0.2, 0) is 0 Å². The Balaban J connectivity index is 2.09. The average molecular weight is 270 g/mol. The van der Waals surface area contributed by atoms with Gasteiger partial charge in [-0.15, -0.1) is 0 Å². The number of carbonyl (C=O) groups excluding carboxylic acids is 1. The van der Waals surface area contributed by atoms with Gasteiger partial charge < -0.3 is 15.0 Å². The quantitative estimate of drug-likeness (QED) is 0.909. The Morgan fingerprint density at radius 2 is 2.16 bits per heavy atom. The number of benzene rings is 1. The van der Waals surface area contributed by atoms with Crippen LogP contribution in [0.2, 0.25) is 0 Å². The van der Waals surface area contributed by atoms with E-state index >= 15 is 0 Å². The Morgan fingerprint density at radius 3 is 2.95 bits per heavy atom. The molecule has 1 fully saturated rings. The van der Waals surface area contributed by atoms with Gasteiger partial charge in [0.1, 0.15) is 5.75 Å². The molecule has 1 N–H and O–H groups in total. The van der Waals surface area contributed by atoms with E-state index in [1.165, 1.54) is 12.1 Å². The fourth-order valence-corrected chi connectivity index (χ4v) is 2.04. The normalized spacial score (nSPS) is 16.3. The first-order chi connectivity index (χ1) is 9.16. The molecule has 0 bridgehead atoms. The van der Waals surface area contributed by atoms with Gasteiger partial charge in [0, 0.05) is 25.2 Å². The summed E-state index contributed by atoms with van der Waals surface area (Å²) in [5.74, 6) is -0.141. The highest BCUT2D eigenvalue weighted by Crippen LogP contribution is 2.17. The molecule has 0 spiro atoms. The lowest BCUT2D eigenvalue weighted by Gasteiger charge is -2.20. The Morgan fingerprint density at radius 1 is 1.32 bits per heavy atom. The molecule has 1 aromatic rings. The number of rotatable bonds is 3. The lowest BCUT2D eigenvalue weighted by atomic mass is 10.2. The zero-order chi connectivity index (χ0) is 13.7. The fraction of sp³-hybridized carbons (Fsp3) is 0.462. The number of alkyl halides is 2. The summed E-state index contributed by atoms with van der Waals surface area (Å²) in [6, 6.07) is 5.92. The van der Waals surface area contributed by atoms with E-state index in [4.69, 9.17) is 0 Å². The summed E-state index contributed by atoms with van der Waals surface area (Å²) in [5.41, 5.74) is 0.375. The summed E-state index contributed by atoms with van der Waals surface area (Å²) in [7, 11) is 0. The van der Waals surface area contributed by atoms with Crippen LogP contribution in [0, 0.1) is 0 Å². The van der Waals surface area contributed by atoms with Crippen LogP contribution in [0.5, 0.6) is 5.75 Å². The van der Waals surface area contributed by atoms with Crippen molar-refractivity contribution in [2.24, 2.45) is 0 Å². The average Bonchev–Trinajstić information content (AvgIpc) is 2.66. The van der Waals surface area contributed by atoms with Crippen LogP contribution < -0.4 is 10.1 Å². The minimum Gasteiger partial charge on any atom is -0.435 e. The monoisotopic (exact) mass is 270 g/mol. The summed E-state index contributed by atoms with van der Waals surface area (Å²) in [4.78, 5) is 14.0. The van der Waals surface area contributed by atoms with Crippen molar-refractivity contribution in [1.82, 2.24) is 10.2 Å². The third-order valence-electron chi connectivity index (χ3n) is 2.93. The van der Waals surface area contributed by atoms with Crippen molar-refractivity contribution in [2.75, 3.05) is 26.2 Å². The number of amides is 1. The molecule has 1 heterocycles. The van der Waals surface area contributed by atoms with E-state index in [2.05, 4.69) is 10.1 Å². The molecule has 104 valence electrons. The second kappa shape index (κ2) is 6.47. The summed E-state index contributed by atoms with van der Waals surface area (Å²) < 4.78 is 28.6. The van der Waals surface area contributed by atoms with Crippen LogP contribution in [0.3, 0.4) is 0 Å². The third kappa shape index (κ3) is 3.89. The first-order valence-corrected chi connectivity index (χ1v) is 6.21. The summed E-state index contributed by atoms with van der Waals surface area (Å²) >= 11 is 0. The van der Waals surface area contributed by atoms with E-state index in [1.807, 2.05) is 0 Å². The van der Waals surface area contributed by atoms with Gasteiger partial charge in [-0.25, -0.2) is 0 Å². The molecule has 1 amide bonds. The van der Waals surface area contributed by atoms with Crippen molar-refractivity contribution < 1.29 is 18.3 Å². The highest BCUT2D eigenvalue weighted by Gasteiger charge is 2.17. The third-order valence-corrected chi connectivity index (χ3v) is 2.93. The van der Waals surface area contributed by atoms with Crippen molar-refractivity contribution in [1.29, 1.82) is 0 Å². The zero-order valence-electron chi connectivity index (χ0n) is 10.4. The lowest BCUT2D eigenvalue weighted by Crippen LogP contribution is -2.34. The van der Waals surface area contributed by atoms with Crippen LogP contribution >= 0.6 is 0 Å². The van der Waals surface area contributed by atoms with Gasteiger partial charge in [0.15, 0.2) is 0 Å². The molecule has 19 heavy (non-hydrogen) atoms. The SMILES string of the molecule is O=C(c1cccc(OC(F)F)c1)N1CCCNCC1. The molecule has 0 aliphatic carbocycles. The molecule has 6 heteroatoms. The largest absolute Gasteiger partial charge is 0.435 e. The van der Waals surface area contributed by atoms with Gasteiger partial charge in [-0.05, 0) is 31.2 Å². The second-order valence-corrected chi connectivity index (χ2v) is 4.30. The molecular formula is C13H16F2N2O2. The van der Waals surface area contributed by atoms with Gasteiger partial charge in [-0.3, -0.25) is 4.79 Å². The Kier molecular flexibility index (Phi) is 4.68. The highest BCUT2D eigenvalue weighted by molar-refractivity contribution is 5.94. The van der Waals surface area contributed by atoms with Crippen molar-refractivity contribution in [3.05, 3.63) is 29.8 Å². The van der Waals surface area contributed by atoms with Crippen LogP contribution in [0.25, 0.3) is 0 Å². The molecule has 0 radical (unpaired) electrons. The van der Waals surface area contributed by atoms with Crippen molar-refractivity contribution >= 4 is 5.91 Å². The zero-order valence-corrected chi connectivity index (χ0v) is 10.4. The Labute approximate surface area is 110 Å². The number of carbonyl (C=O) groups is 1. The molecule has 0 aromatic heterocycles. The van der Waals surface area contributed by atoms with E-state index in [9.17, 15) is 13.6 Å². The van der Waals surface area contributed by atoms with E-state index in [0.717, 1.165) is 19.5 Å². The van der Waals surface area contributed by atoms with E-state index in [0.29, 0.717) is 18.7 Å². The standard InChI is InChI=1S/C13H16F2N2O2/c14-13(15)19-11-4-1-3-10(9-11)12(18)17-7-2-5-16-6-8-17/h1,3-4,9,13,16H,2,5-8H2. The maximum atomic E-state index is 12.2. The minimum absolute atomic E-state index is 0.00815. The summed E-state index contributed by atoms with van der Waals surface area (Å²) in [5, 5.41) is 3.20. The topological polar surface area (TPSA) is 41.6 Å². The van der Waals surface area contributed by atoms with E-state index in [-0.39, 0.29) is 11.7 Å². The van der Waals surface area contributed by atoms with Crippen molar-refractivity contribution in [2.45, 2.75) is 13.0 Å².